The highest BCUT2D eigenvalue weighted by atomic mass is 35.5. The fraction of sp³-hybridized carbons (Fsp3) is 0.364. The Bertz CT molecular complexity index is 390. The van der Waals surface area contributed by atoms with Crippen LogP contribution >= 0.6 is 23.4 Å². The lowest BCUT2D eigenvalue weighted by molar-refractivity contribution is 0.414. The molecule has 1 aromatic carbocycles. The van der Waals surface area contributed by atoms with Crippen molar-refractivity contribution in [3.63, 3.8) is 0 Å². The molecule has 1 aromatic rings. The molecule has 0 aliphatic rings. The number of hydrogen-bond acceptors (Lipinski definition) is 3. The lowest BCUT2D eigenvalue weighted by atomic mass is 10.1. The maximum absolute atomic E-state index is 6.08. The minimum atomic E-state index is 0.737. The highest BCUT2D eigenvalue weighted by Gasteiger charge is 2.11. The van der Waals surface area contributed by atoms with Crippen LogP contribution in [0.15, 0.2) is 17.1 Å². The largest absolute Gasteiger partial charge is 0.496 e. The van der Waals surface area contributed by atoms with Crippen LogP contribution in [-0.2, 0) is 0 Å². The number of rotatable bonds is 2. The smallest absolute Gasteiger partial charge is 0.129 e. The van der Waals surface area contributed by atoms with E-state index in [2.05, 4.69) is 4.99 Å². The summed E-state index contributed by atoms with van der Waals surface area (Å²) in [5, 5.41) is 1.66. The van der Waals surface area contributed by atoms with Crippen molar-refractivity contribution in [2.45, 2.75) is 6.92 Å². The first-order chi connectivity index (χ1) is 7.13. The summed E-state index contributed by atoms with van der Waals surface area (Å²) in [7, 11) is 3.42. The Labute approximate surface area is 99.7 Å². The second kappa shape index (κ2) is 5.42. The SMILES string of the molecule is CN=C(SC)c1cc(Cl)c(C)cc1OC. The van der Waals surface area contributed by atoms with Crippen molar-refractivity contribution in [2.75, 3.05) is 20.4 Å². The minimum absolute atomic E-state index is 0.737. The summed E-state index contributed by atoms with van der Waals surface area (Å²) in [6.45, 7) is 1.95. The van der Waals surface area contributed by atoms with Gasteiger partial charge in [0.05, 0.1) is 7.11 Å². The predicted octanol–water partition coefficient (Wildman–Crippen LogP) is 3.40. The van der Waals surface area contributed by atoms with Gasteiger partial charge in [-0.3, -0.25) is 4.99 Å². The lowest BCUT2D eigenvalue weighted by Gasteiger charge is -2.11. The lowest BCUT2D eigenvalue weighted by Crippen LogP contribution is -2.00. The molecule has 0 unspecified atom stereocenters. The molecule has 82 valence electrons. The van der Waals surface area contributed by atoms with Crippen molar-refractivity contribution in [3.8, 4) is 5.75 Å². The van der Waals surface area contributed by atoms with E-state index in [1.165, 1.54) is 0 Å². The summed E-state index contributed by atoms with van der Waals surface area (Å²) in [5.41, 5.74) is 1.96. The van der Waals surface area contributed by atoms with Crippen molar-refractivity contribution in [1.82, 2.24) is 0 Å². The number of hydrogen-bond donors (Lipinski definition) is 0. The second-order valence-electron chi connectivity index (χ2n) is 3.03. The van der Waals surface area contributed by atoms with E-state index in [0.717, 1.165) is 26.9 Å². The zero-order valence-electron chi connectivity index (χ0n) is 9.30. The zero-order chi connectivity index (χ0) is 11.4. The standard InChI is InChI=1S/C11H14ClNOS/c1-7-5-10(14-3)8(6-9(7)12)11(13-2)15-4/h5-6H,1-4H3. The Hall–Kier alpha value is -0.670. The number of methoxy groups -OCH3 is 1. The summed E-state index contributed by atoms with van der Waals surface area (Å²) < 4.78 is 5.31. The molecule has 0 spiro atoms. The van der Waals surface area contributed by atoms with Gasteiger partial charge in [-0.2, -0.15) is 0 Å². The number of ether oxygens (including phenoxy) is 1. The number of halogens is 1. The maximum Gasteiger partial charge on any atom is 0.129 e. The Morgan fingerprint density at radius 2 is 2.13 bits per heavy atom. The van der Waals surface area contributed by atoms with E-state index in [1.54, 1.807) is 25.9 Å². The third-order valence-corrected chi connectivity index (χ3v) is 3.30. The number of aryl methyl sites for hydroxylation is 1. The molecule has 0 radical (unpaired) electrons. The summed E-state index contributed by atoms with van der Waals surface area (Å²) in [6, 6.07) is 3.83. The van der Waals surface area contributed by atoms with E-state index in [0.29, 0.717) is 0 Å². The fourth-order valence-electron chi connectivity index (χ4n) is 1.31. The van der Waals surface area contributed by atoms with Crippen molar-refractivity contribution in [1.29, 1.82) is 0 Å². The molecule has 0 saturated carbocycles. The topological polar surface area (TPSA) is 21.6 Å². The average Bonchev–Trinajstić information content (AvgIpc) is 2.24. The van der Waals surface area contributed by atoms with E-state index in [-0.39, 0.29) is 0 Å². The highest BCUT2D eigenvalue weighted by Crippen LogP contribution is 2.29. The Morgan fingerprint density at radius 1 is 1.47 bits per heavy atom. The van der Waals surface area contributed by atoms with Gasteiger partial charge >= 0.3 is 0 Å². The molecule has 0 aliphatic heterocycles. The molecule has 0 N–H and O–H groups in total. The molecule has 4 heteroatoms. The minimum Gasteiger partial charge on any atom is -0.496 e. The van der Waals surface area contributed by atoms with E-state index < -0.39 is 0 Å². The molecular weight excluding hydrogens is 230 g/mol. The summed E-state index contributed by atoms with van der Waals surface area (Å²) in [6.07, 6.45) is 1.98. The number of nitrogens with zero attached hydrogens (tertiary/aromatic N) is 1. The molecule has 0 heterocycles. The first-order valence-electron chi connectivity index (χ1n) is 4.49. The van der Waals surface area contributed by atoms with Crippen molar-refractivity contribution >= 4 is 28.4 Å². The average molecular weight is 244 g/mol. The van der Waals surface area contributed by atoms with Gasteiger partial charge in [0.2, 0.25) is 0 Å². The van der Waals surface area contributed by atoms with Gasteiger partial charge in [0.25, 0.3) is 0 Å². The molecule has 0 atom stereocenters. The molecule has 0 amide bonds. The van der Waals surface area contributed by atoms with Crippen LogP contribution in [0.5, 0.6) is 5.75 Å². The summed E-state index contributed by atoms with van der Waals surface area (Å²) in [4.78, 5) is 4.20. The molecule has 15 heavy (non-hydrogen) atoms. The molecule has 2 nitrogen and oxygen atoms in total. The van der Waals surface area contributed by atoms with E-state index in [4.69, 9.17) is 16.3 Å². The van der Waals surface area contributed by atoms with Gasteiger partial charge in [-0.15, -0.1) is 11.8 Å². The quantitative estimate of drug-likeness (QED) is 0.587. The van der Waals surface area contributed by atoms with Gasteiger partial charge in [0.15, 0.2) is 0 Å². The van der Waals surface area contributed by atoms with Crippen LogP contribution in [0.4, 0.5) is 0 Å². The van der Waals surface area contributed by atoms with Crippen LogP contribution in [0.25, 0.3) is 0 Å². The van der Waals surface area contributed by atoms with E-state index in [9.17, 15) is 0 Å². The van der Waals surface area contributed by atoms with Crippen molar-refractivity contribution in [3.05, 3.63) is 28.3 Å². The molecule has 0 fully saturated rings. The normalized spacial score (nSPS) is 11.7. The first kappa shape index (κ1) is 12.4. The third-order valence-electron chi connectivity index (χ3n) is 2.11. The number of aliphatic imine (C=N–C) groups is 1. The fourth-order valence-corrected chi connectivity index (χ4v) is 2.04. The van der Waals surface area contributed by atoms with Gasteiger partial charge in [0, 0.05) is 17.6 Å². The van der Waals surface area contributed by atoms with Crippen LogP contribution in [0, 0.1) is 6.92 Å². The van der Waals surface area contributed by atoms with Crippen molar-refractivity contribution in [2.24, 2.45) is 4.99 Å². The molecular formula is C11H14ClNOS. The third kappa shape index (κ3) is 2.67. The number of thioether (sulfide) groups is 1. The van der Waals surface area contributed by atoms with Crippen molar-refractivity contribution < 1.29 is 4.74 Å². The molecule has 0 aromatic heterocycles. The van der Waals surface area contributed by atoms with Crippen LogP contribution in [0.2, 0.25) is 5.02 Å². The van der Waals surface area contributed by atoms with Gasteiger partial charge < -0.3 is 4.74 Å². The van der Waals surface area contributed by atoms with Crippen LogP contribution in [0.3, 0.4) is 0 Å². The zero-order valence-corrected chi connectivity index (χ0v) is 10.9. The van der Waals surface area contributed by atoms with E-state index in [1.807, 2.05) is 25.3 Å². The van der Waals surface area contributed by atoms with Crippen LogP contribution in [-0.4, -0.2) is 25.5 Å². The Morgan fingerprint density at radius 3 is 2.60 bits per heavy atom. The highest BCUT2D eigenvalue weighted by molar-refractivity contribution is 8.13. The predicted molar refractivity (Wildman–Crippen MR) is 68.7 cm³/mol. The second-order valence-corrected chi connectivity index (χ2v) is 4.24. The van der Waals surface area contributed by atoms with Crippen LogP contribution in [0.1, 0.15) is 11.1 Å². The summed E-state index contributed by atoms with van der Waals surface area (Å²) in [5.74, 6) is 0.812. The molecule has 0 aliphatic carbocycles. The van der Waals surface area contributed by atoms with Gasteiger partial charge in [-0.25, -0.2) is 0 Å². The van der Waals surface area contributed by atoms with Gasteiger partial charge in [-0.05, 0) is 30.9 Å². The van der Waals surface area contributed by atoms with Gasteiger partial charge in [-0.1, -0.05) is 11.6 Å². The molecule has 0 bridgehead atoms. The summed E-state index contributed by atoms with van der Waals surface area (Å²) >= 11 is 7.66. The molecule has 0 saturated heterocycles. The Kier molecular flexibility index (Phi) is 4.48. The first-order valence-corrected chi connectivity index (χ1v) is 6.09. The number of benzene rings is 1. The van der Waals surface area contributed by atoms with E-state index >= 15 is 0 Å². The maximum atomic E-state index is 6.08. The Balaban J connectivity index is 3.33. The van der Waals surface area contributed by atoms with Gasteiger partial charge in [0.1, 0.15) is 10.8 Å². The monoisotopic (exact) mass is 243 g/mol. The van der Waals surface area contributed by atoms with Crippen LogP contribution < -0.4 is 4.74 Å². The molecule has 1 rings (SSSR count).